The second-order valence-corrected chi connectivity index (χ2v) is 8.20. The van der Waals surface area contributed by atoms with E-state index in [4.69, 9.17) is 0 Å². The smallest absolute Gasteiger partial charge is 0.123 e. The molecule has 0 bridgehead atoms. The van der Waals surface area contributed by atoms with E-state index in [1.807, 2.05) is 13.0 Å². The van der Waals surface area contributed by atoms with Crippen molar-refractivity contribution in [2.75, 3.05) is 0 Å². The molecule has 0 saturated carbocycles. The SMILES string of the molecule is C=C(O)/C(=C\CC)C(CC(C)(CC)C(C)(CC)CC)c1ccc(O)cc1O. The third-order valence-electron chi connectivity index (χ3n) is 6.97. The fourth-order valence-electron chi connectivity index (χ4n) is 4.27. The van der Waals surface area contributed by atoms with Crippen molar-refractivity contribution in [3.8, 4) is 11.5 Å². The van der Waals surface area contributed by atoms with Crippen molar-refractivity contribution in [2.24, 2.45) is 10.8 Å². The summed E-state index contributed by atoms with van der Waals surface area (Å²) in [5, 5.41) is 30.6. The first-order valence-electron chi connectivity index (χ1n) is 10.2. The highest BCUT2D eigenvalue weighted by Crippen LogP contribution is 2.54. The van der Waals surface area contributed by atoms with E-state index < -0.39 is 0 Å². The van der Waals surface area contributed by atoms with Gasteiger partial charge in [-0.25, -0.2) is 0 Å². The van der Waals surface area contributed by atoms with Crippen LogP contribution < -0.4 is 0 Å². The van der Waals surface area contributed by atoms with E-state index in [1.165, 1.54) is 6.07 Å². The van der Waals surface area contributed by atoms with Crippen LogP contribution in [0.3, 0.4) is 0 Å². The number of hydrogen-bond donors (Lipinski definition) is 3. The maximum Gasteiger partial charge on any atom is 0.123 e. The zero-order valence-electron chi connectivity index (χ0n) is 18.0. The molecule has 0 aliphatic carbocycles. The molecule has 3 N–H and O–H groups in total. The van der Waals surface area contributed by atoms with Crippen molar-refractivity contribution in [3.63, 3.8) is 0 Å². The average molecular weight is 375 g/mol. The molecule has 0 heterocycles. The van der Waals surface area contributed by atoms with E-state index in [1.54, 1.807) is 12.1 Å². The second kappa shape index (κ2) is 9.34. The molecule has 27 heavy (non-hydrogen) atoms. The van der Waals surface area contributed by atoms with E-state index in [0.717, 1.165) is 43.2 Å². The number of phenols is 2. The van der Waals surface area contributed by atoms with Gasteiger partial charge in [-0.2, -0.15) is 0 Å². The van der Waals surface area contributed by atoms with E-state index >= 15 is 0 Å². The molecule has 152 valence electrons. The molecule has 1 aromatic carbocycles. The Morgan fingerprint density at radius 2 is 1.59 bits per heavy atom. The molecule has 0 radical (unpaired) electrons. The standard InChI is InChI=1S/C24H38O3/c1-8-12-19(17(5)25)21(20-14-13-18(26)15-22(20)27)16-24(7,11-4)23(6,9-2)10-3/h12-15,21,25-27H,5,8-11,16H2,1-4,6-7H3/b19-12+. The Hall–Kier alpha value is -1.90. The van der Waals surface area contributed by atoms with Gasteiger partial charge in [0.2, 0.25) is 0 Å². The highest BCUT2D eigenvalue weighted by Gasteiger charge is 2.43. The Morgan fingerprint density at radius 3 is 2.00 bits per heavy atom. The minimum atomic E-state index is -0.189. The van der Waals surface area contributed by atoms with Crippen LogP contribution in [0.4, 0.5) is 0 Å². The van der Waals surface area contributed by atoms with Crippen LogP contribution >= 0.6 is 0 Å². The lowest BCUT2D eigenvalue weighted by atomic mass is 9.57. The molecule has 3 heteroatoms. The molecule has 2 atom stereocenters. The zero-order valence-corrected chi connectivity index (χ0v) is 18.0. The third-order valence-corrected chi connectivity index (χ3v) is 6.97. The van der Waals surface area contributed by atoms with E-state index in [-0.39, 0.29) is 34.0 Å². The van der Waals surface area contributed by atoms with Crippen LogP contribution in [-0.2, 0) is 0 Å². The Balaban J connectivity index is 3.58. The molecule has 0 aliphatic rings. The summed E-state index contributed by atoms with van der Waals surface area (Å²) in [5.41, 5.74) is 1.62. The fourth-order valence-corrected chi connectivity index (χ4v) is 4.27. The van der Waals surface area contributed by atoms with Gasteiger partial charge < -0.3 is 15.3 Å². The molecular formula is C24H38O3. The second-order valence-electron chi connectivity index (χ2n) is 8.20. The molecule has 0 aromatic heterocycles. The minimum Gasteiger partial charge on any atom is -0.508 e. The van der Waals surface area contributed by atoms with Crippen molar-refractivity contribution >= 4 is 0 Å². The van der Waals surface area contributed by atoms with Crippen LogP contribution in [-0.4, -0.2) is 15.3 Å². The largest absolute Gasteiger partial charge is 0.508 e. The predicted octanol–water partition coefficient (Wildman–Crippen LogP) is 7.22. The highest BCUT2D eigenvalue weighted by atomic mass is 16.3. The number of allylic oxidation sites excluding steroid dienone is 2. The molecule has 1 aromatic rings. The van der Waals surface area contributed by atoms with Gasteiger partial charge >= 0.3 is 0 Å². The maximum atomic E-state index is 10.5. The lowest BCUT2D eigenvalue weighted by Crippen LogP contribution is -2.38. The first kappa shape index (κ1) is 23.1. The zero-order chi connectivity index (χ0) is 20.8. The van der Waals surface area contributed by atoms with Crippen molar-refractivity contribution in [1.82, 2.24) is 0 Å². The first-order chi connectivity index (χ1) is 12.6. The van der Waals surface area contributed by atoms with Crippen molar-refractivity contribution in [2.45, 2.75) is 79.6 Å². The monoisotopic (exact) mass is 374 g/mol. The fraction of sp³-hybridized carbons (Fsp3) is 0.583. The lowest BCUT2D eigenvalue weighted by Gasteiger charge is -2.48. The van der Waals surface area contributed by atoms with E-state index in [0.29, 0.717) is 0 Å². The minimum absolute atomic E-state index is 0.00771. The quantitative estimate of drug-likeness (QED) is 0.299. The molecule has 2 unspecified atom stereocenters. The summed E-state index contributed by atoms with van der Waals surface area (Å²) in [6.45, 7) is 17.1. The van der Waals surface area contributed by atoms with Crippen molar-refractivity contribution in [3.05, 3.63) is 47.7 Å². The molecular weight excluding hydrogens is 336 g/mol. The summed E-state index contributed by atoms with van der Waals surface area (Å²) in [6.07, 6.45) is 6.67. The maximum absolute atomic E-state index is 10.5. The molecule has 0 spiro atoms. The number of rotatable bonds is 10. The molecule has 0 aliphatic heterocycles. The first-order valence-corrected chi connectivity index (χ1v) is 10.2. The van der Waals surface area contributed by atoms with Gasteiger partial charge in [-0.15, -0.1) is 0 Å². The Kier molecular flexibility index (Phi) is 8.01. The number of aliphatic hydroxyl groups excluding tert-OH is 1. The van der Waals surface area contributed by atoms with Crippen molar-refractivity contribution < 1.29 is 15.3 Å². The van der Waals surface area contributed by atoms with Gasteiger partial charge in [0.25, 0.3) is 0 Å². The summed E-state index contributed by atoms with van der Waals surface area (Å²) in [5.74, 6) is -0.0617. The van der Waals surface area contributed by atoms with E-state index in [9.17, 15) is 15.3 Å². The Labute approximate surface area is 165 Å². The molecule has 0 saturated heterocycles. The number of phenolic OH excluding ortho intramolecular Hbond substituents is 2. The van der Waals surface area contributed by atoms with Gasteiger partial charge in [0.05, 0.1) is 0 Å². The van der Waals surface area contributed by atoms with Crippen LogP contribution in [0.1, 0.15) is 85.1 Å². The topological polar surface area (TPSA) is 60.7 Å². The lowest BCUT2D eigenvalue weighted by molar-refractivity contribution is 0.0400. The van der Waals surface area contributed by atoms with Gasteiger partial charge in [0.1, 0.15) is 17.3 Å². The van der Waals surface area contributed by atoms with E-state index in [2.05, 4.69) is 41.2 Å². The summed E-state index contributed by atoms with van der Waals surface area (Å²) in [6, 6.07) is 4.72. The molecule has 0 fully saturated rings. The predicted molar refractivity (Wildman–Crippen MR) is 114 cm³/mol. The van der Waals surface area contributed by atoms with Gasteiger partial charge in [0.15, 0.2) is 0 Å². The summed E-state index contributed by atoms with van der Waals surface area (Å²) < 4.78 is 0. The highest BCUT2D eigenvalue weighted by molar-refractivity contribution is 5.47. The third kappa shape index (κ3) is 4.88. The van der Waals surface area contributed by atoms with Crippen LogP contribution in [0.25, 0.3) is 0 Å². The van der Waals surface area contributed by atoms with Crippen LogP contribution in [0.5, 0.6) is 11.5 Å². The Morgan fingerprint density at radius 1 is 1.04 bits per heavy atom. The molecule has 3 nitrogen and oxygen atoms in total. The average Bonchev–Trinajstić information content (AvgIpc) is 2.63. The summed E-state index contributed by atoms with van der Waals surface area (Å²) in [7, 11) is 0. The number of hydrogen-bond acceptors (Lipinski definition) is 3. The number of aliphatic hydroxyl groups is 1. The Bertz CT molecular complexity index is 670. The van der Waals surface area contributed by atoms with Crippen LogP contribution in [0.15, 0.2) is 42.2 Å². The van der Waals surface area contributed by atoms with Gasteiger partial charge in [-0.1, -0.05) is 79.5 Å². The number of benzene rings is 1. The van der Waals surface area contributed by atoms with Gasteiger partial charge in [-0.05, 0) is 35.3 Å². The van der Waals surface area contributed by atoms with Crippen LogP contribution in [0, 0.1) is 10.8 Å². The van der Waals surface area contributed by atoms with Gasteiger partial charge in [0, 0.05) is 17.5 Å². The summed E-state index contributed by atoms with van der Waals surface area (Å²) in [4.78, 5) is 0. The normalized spacial score (nSPS) is 16.0. The summed E-state index contributed by atoms with van der Waals surface area (Å²) >= 11 is 0. The van der Waals surface area contributed by atoms with Crippen LogP contribution in [0.2, 0.25) is 0 Å². The van der Waals surface area contributed by atoms with Gasteiger partial charge in [-0.3, -0.25) is 0 Å². The van der Waals surface area contributed by atoms with Crippen molar-refractivity contribution in [1.29, 1.82) is 0 Å². The number of aromatic hydroxyl groups is 2. The molecule has 0 amide bonds. The molecule has 1 rings (SSSR count).